The highest BCUT2D eigenvalue weighted by atomic mass is 16.5. The van der Waals surface area contributed by atoms with Crippen molar-refractivity contribution in [2.45, 2.75) is 53.2 Å². The van der Waals surface area contributed by atoms with E-state index < -0.39 is 6.04 Å². The average Bonchev–Trinajstić information content (AvgIpc) is 3.14. The molecule has 1 atom stereocenters. The third kappa shape index (κ3) is 4.40. The van der Waals surface area contributed by atoms with Gasteiger partial charge in [0.1, 0.15) is 0 Å². The first-order chi connectivity index (χ1) is 15.9. The van der Waals surface area contributed by atoms with E-state index in [4.69, 9.17) is 19.2 Å². The molecule has 1 aromatic heterocycles. The molecule has 0 saturated carbocycles. The topological polar surface area (TPSA) is 74.6 Å². The van der Waals surface area contributed by atoms with E-state index in [0.29, 0.717) is 36.2 Å². The number of nitrogens with one attached hydrogen (secondary N) is 1. The zero-order valence-electron chi connectivity index (χ0n) is 19.8. The molecule has 1 N–H and O–H groups in total. The molecule has 0 spiro atoms. The molecule has 33 heavy (non-hydrogen) atoms. The van der Waals surface area contributed by atoms with Gasteiger partial charge >= 0.3 is 5.97 Å². The number of para-hydroxylation sites is 2. The summed E-state index contributed by atoms with van der Waals surface area (Å²) in [6, 6.07) is 13.3. The number of fused-ring (bicyclic) bond motifs is 3. The Morgan fingerprint density at radius 2 is 1.91 bits per heavy atom. The van der Waals surface area contributed by atoms with E-state index in [-0.39, 0.29) is 12.1 Å². The second-order valence-electron chi connectivity index (χ2n) is 8.30. The fourth-order valence-corrected chi connectivity index (χ4v) is 4.12. The molecule has 2 aromatic carbocycles. The molecule has 0 bridgehead atoms. The van der Waals surface area contributed by atoms with E-state index in [0.717, 1.165) is 28.7 Å². The van der Waals surface area contributed by atoms with Gasteiger partial charge in [-0.1, -0.05) is 25.1 Å². The maximum Gasteiger partial charge on any atom is 0.338 e. The molecule has 0 amide bonds. The monoisotopic (exact) mass is 449 g/mol. The number of ether oxygens (including phenoxy) is 3. The molecule has 174 valence electrons. The normalized spacial score (nSPS) is 15.4. The smallest absolute Gasteiger partial charge is 0.338 e. The number of hydrogen-bond acceptors (Lipinski definition) is 6. The lowest BCUT2D eigenvalue weighted by molar-refractivity contribution is -0.143. The van der Waals surface area contributed by atoms with Gasteiger partial charge in [0.2, 0.25) is 5.95 Å². The standard InChI is InChI=1S/C26H31N3O4/c1-6-14-32-21-13-12-18(15-22(21)31-7-2)24-23(25(30)33-16(3)4)17(5)27-26-28-19-10-8-9-11-20(19)29(24)26/h8-13,15-16,24H,6-7,14H2,1-5H3,(H,27,28). The summed E-state index contributed by atoms with van der Waals surface area (Å²) in [5.74, 6) is 1.68. The molecule has 7 heteroatoms. The van der Waals surface area contributed by atoms with Gasteiger partial charge in [-0.3, -0.25) is 4.57 Å². The lowest BCUT2D eigenvalue weighted by Gasteiger charge is -2.31. The van der Waals surface area contributed by atoms with Crippen LogP contribution < -0.4 is 14.8 Å². The van der Waals surface area contributed by atoms with Crippen molar-refractivity contribution in [3.05, 3.63) is 59.3 Å². The van der Waals surface area contributed by atoms with Crippen LogP contribution in [0.25, 0.3) is 11.0 Å². The molecule has 4 rings (SSSR count). The van der Waals surface area contributed by atoms with E-state index in [9.17, 15) is 4.79 Å². The maximum absolute atomic E-state index is 13.3. The number of rotatable bonds is 8. The number of anilines is 1. The Labute approximate surface area is 194 Å². The number of allylic oxidation sites excluding steroid dienone is 1. The zero-order chi connectivity index (χ0) is 23.5. The minimum absolute atomic E-state index is 0.233. The minimum atomic E-state index is -0.431. The summed E-state index contributed by atoms with van der Waals surface area (Å²) in [6.45, 7) is 10.7. The van der Waals surface area contributed by atoms with Crippen molar-refractivity contribution in [1.82, 2.24) is 9.55 Å². The summed E-state index contributed by atoms with van der Waals surface area (Å²) in [4.78, 5) is 18.0. The number of esters is 1. The van der Waals surface area contributed by atoms with Crippen molar-refractivity contribution in [2.75, 3.05) is 18.5 Å². The molecular weight excluding hydrogens is 418 g/mol. The maximum atomic E-state index is 13.3. The van der Waals surface area contributed by atoms with Gasteiger partial charge in [-0.05, 0) is 63.9 Å². The van der Waals surface area contributed by atoms with Crippen molar-refractivity contribution in [3.63, 3.8) is 0 Å². The van der Waals surface area contributed by atoms with Crippen molar-refractivity contribution >= 4 is 23.0 Å². The molecule has 0 saturated heterocycles. The van der Waals surface area contributed by atoms with E-state index in [2.05, 4.69) is 16.8 Å². The van der Waals surface area contributed by atoms with E-state index in [1.807, 2.05) is 70.2 Å². The van der Waals surface area contributed by atoms with Crippen LogP contribution in [0.2, 0.25) is 0 Å². The first kappa shape index (κ1) is 22.7. The second-order valence-corrected chi connectivity index (χ2v) is 8.30. The van der Waals surface area contributed by atoms with Crippen LogP contribution in [0.3, 0.4) is 0 Å². The SMILES string of the molecule is CCCOc1ccc(C2C(C(=O)OC(C)C)=C(C)Nc3nc4ccccc4n32)cc1OCC. The number of aromatic nitrogens is 2. The predicted octanol–water partition coefficient (Wildman–Crippen LogP) is 5.46. The Balaban J connectivity index is 1.90. The number of carbonyl (C=O) groups is 1. The van der Waals surface area contributed by atoms with Crippen LogP contribution in [0.1, 0.15) is 52.6 Å². The van der Waals surface area contributed by atoms with Gasteiger partial charge < -0.3 is 19.5 Å². The van der Waals surface area contributed by atoms with Crippen LogP contribution in [0.5, 0.6) is 11.5 Å². The summed E-state index contributed by atoms with van der Waals surface area (Å²) in [7, 11) is 0. The number of nitrogens with zero attached hydrogens (tertiary/aromatic N) is 2. The van der Waals surface area contributed by atoms with Crippen LogP contribution in [-0.4, -0.2) is 34.8 Å². The van der Waals surface area contributed by atoms with Gasteiger partial charge in [-0.2, -0.15) is 0 Å². The van der Waals surface area contributed by atoms with Gasteiger partial charge in [0.25, 0.3) is 0 Å². The third-order valence-electron chi connectivity index (χ3n) is 5.44. The van der Waals surface area contributed by atoms with Gasteiger partial charge in [0.05, 0.1) is 42.0 Å². The molecule has 0 radical (unpaired) electrons. The lowest BCUT2D eigenvalue weighted by Crippen LogP contribution is -2.30. The predicted molar refractivity (Wildman–Crippen MR) is 129 cm³/mol. The van der Waals surface area contributed by atoms with E-state index in [1.165, 1.54) is 0 Å². The molecule has 0 fully saturated rings. The molecule has 1 aliphatic rings. The lowest BCUT2D eigenvalue weighted by atomic mass is 9.94. The highest BCUT2D eigenvalue weighted by Crippen LogP contribution is 2.42. The zero-order valence-corrected chi connectivity index (χ0v) is 19.8. The fraction of sp³-hybridized carbons (Fsp3) is 0.385. The van der Waals surface area contributed by atoms with E-state index in [1.54, 1.807) is 0 Å². The first-order valence-corrected chi connectivity index (χ1v) is 11.5. The molecule has 7 nitrogen and oxygen atoms in total. The first-order valence-electron chi connectivity index (χ1n) is 11.5. The fourth-order valence-electron chi connectivity index (χ4n) is 4.12. The van der Waals surface area contributed by atoms with Crippen LogP contribution in [0.4, 0.5) is 5.95 Å². The van der Waals surface area contributed by atoms with Crippen LogP contribution in [0.15, 0.2) is 53.7 Å². The van der Waals surface area contributed by atoms with Crippen molar-refractivity contribution in [1.29, 1.82) is 0 Å². The highest BCUT2D eigenvalue weighted by molar-refractivity contribution is 5.94. The van der Waals surface area contributed by atoms with Crippen LogP contribution in [-0.2, 0) is 9.53 Å². The van der Waals surface area contributed by atoms with E-state index >= 15 is 0 Å². The Kier molecular flexibility index (Phi) is 6.58. The van der Waals surface area contributed by atoms with Gasteiger partial charge in [-0.15, -0.1) is 0 Å². The second kappa shape index (κ2) is 9.57. The van der Waals surface area contributed by atoms with Gasteiger partial charge in [0, 0.05) is 5.70 Å². The van der Waals surface area contributed by atoms with Crippen molar-refractivity contribution in [3.8, 4) is 11.5 Å². The molecule has 1 aliphatic heterocycles. The number of hydrogen-bond donors (Lipinski definition) is 1. The number of imidazole rings is 1. The quantitative estimate of drug-likeness (QED) is 0.460. The summed E-state index contributed by atoms with van der Waals surface area (Å²) in [5.41, 5.74) is 3.94. The van der Waals surface area contributed by atoms with Gasteiger partial charge in [-0.25, -0.2) is 9.78 Å². The highest BCUT2D eigenvalue weighted by Gasteiger charge is 2.35. The minimum Gasteiger partial charge on any atom is -0.490 e. The summed E-state index contributed by atoms with van der Waals surface area (Å²) < 4.78 is 19.5. The Bertz CT molecular complexity index is 1200. The summed E-state index contributed by atoms with van der Waals surface area (Å²) in [6.07, 6.45) is 0.669. The Morgan fingerprint density at radius 1 is 1.12 bits per heavy atom. The average molecular weight is 450 g/mol. The van der Waals surface area contributed by atoms with Gasteiger partial charge in [0.15, 0.2) is 11.5 Å². The van der Waals surface area contributed by atoms with Crippen molar-refractivity contribution in [2.24, 2.45) is 0 Å². The third-order valence-corrected chi connectivity index (χ3v) is 5.44. The molecule has 1 unspecified atom stereocenters. The Hall–Kier alpha value is -3.48. The Morgan fingerprint density at radius 3 is 2.64 bits per heavy atom. The summed E-state index contributed by atoms with van der Waals surface area (Å²) >= 11 is 0. The largest absolute Gasteiger partial charge is 0.490 e. The summed E-state index contributed by atoms with van der Waals surface area (Å²) in [5, 5.41) is 3.31. The molecular formula is C26H31N3O4. The van der Waals surface area contributed by atoms with Crippen LogP contribution in [0, 0.1) is 0 Å². The number of carbonyl (C=O) groups excluding carboxylic acids is 1. The van der Waals surface area contributed by atoms with Crippen molar-refractivity contribution < 1.29 is 19.0 Å². The molecule has 3 aromatic rings. The number of benzene rings is 2. The molecule has 2 heterocycles. The van der Waals surface area contributed by atoms with Crippen LogP contribution >= 0.6 is 0 Å². The molecule has 0 aliphatic carbocycles.